The van der Waals surface area contributed by atoms with Crippen molar-refractivity contribution in [3.8, 4) is 0 Å². The first-order valence-electron chi connectivity index (χ1n) is 13.3. The van der Waals surface area contributed by atoms with E-state index in [0.717, 1.165) is 36.3 Å². The maximum atomic E-state index is 12.8. The molecule has 11 nitrogen and oxygen atoms in total. The molecule has 0 aromatic rings. The average molecular weight is 557 g/mol. The van der Waals surface area contributed by atoms with Crippen molar-refractivity contribution in [2.75, 3.05) is 45.9 Å². The first kappa shape index (κ1) is 32.2. The highest BCUT2D eigenvalue weighted by Gasteiger charge is 2.44. The maximum Gasteiger partial charge on any atom is 0.235 e. The SMILES string of the molecule is C=CC1OC(C)C(C(=O)N(C=O)CCOCCOCNC(=O)CCCCC2SCC(NC=O)C2NC)C1C. The number of nitrogens with one attached hydrogen (secondary N) is 3. The third-order valence-corrected chi connectivity index (χ3v) is 8.70. The topological polar surface area (TPSA) is 135 Å². The zero-order valence-corrected chi connectivity index (χ0v) is 23.6. The van der Waals surface area contributed by atoms with Crippen LogP contribution in [0.15, 0.2) is 12.7 Å². The third-order valence-electron chi connectivity index (χ3n) is 7.19. The summed E-state index contributed by atoms with van der Waals surface area (Å²) in [5, 5.41) is 9.32. The number of ether oxygens (including phenoxy) is 3. The number of thioether (sulfide) groups is 1. The molecule has 0 aromatic carbocycles. The molecule has 216 valence electrons. The number of amides is 4. The van der Waals surface area contributed by atoms with Crippen LogP contribution in [0, 0.1) is 11.8 Å². The Kier molecular flexibility index (Phi) is 14.9. The van der Waals surface area contributed by atoms with E-state index in [1.54, 1.807) is 6.08 Å². The highest BCUT2D eigenvalue weighted by Crippen LogP contribution is 2.34. The van der Waals surface area contributed by atoms with Gasteiger partial charge in [-0.1, -0.05) is 19.4 Å². The van der Waals surface area contributed by atoms with Crippen molar-refractivity contribution in [3.05, 3.63) is 12.7 Å². The lowest BCUT2D eigenvalue weighted by Crippen LogP contribution is -2.48. The Morgan fingerprint density at radius 3 is 2.58 bits per heavy atom. The highest BCUT2D eigenvalue weighted by molar-refractivity contribution is 8.00. The minimum absolute atomic E-state index is 0.0569. The van der Waals surface area contributed by atoms with E-state index in [1.165, 1.54) is 0 Å². The molecule has 4 amide bonds. The first-order valence-corrected chi connectivity index (χ1v) is 14.4. The normalized spacial score (nSPS) is 28.6. The van der Waals surface area contributed by atoms with Crippen molar-refractivity contribution in [2.24, 2.45) is 11.8 Å². The van der Waals surface area contributed by atoms with Crippen molar-refractivity contribution in [3.63, 3.8) is 0 Å². The molecular weight excluding hydrogens is 512 g/mol. The Bertz CT molecular complexity index is 774. The molecular formula is C26H44N4O7S. The van der Waals surface area contributed by atoms with Gasteiger partial charge in [-0.05, 0) is 32.7 Å². The highest BCUT2D eigenvalue weighted by atomic mass is 32.2. The summed E-state index contributed by atoms with van der Waals surface area (Å²) in [6, 6.07) is 0.393. The van der Waals surface area contributed by atoms with Gasteiger partial charge in [-0.3, -0.25) is 24.1 Å². The second-order valence-corrected chi connectivity index (χ2v) is 10.9. The molecule has 2 fully saturated rings. The van der Waals surface area contributed by atoms with Crippen molar-refractivity contribution in [1.29, 1.82) is 0 Å². The van der Waals surface area contributed by atoms with Crippen molar-refractivity contribution < 1.29 is 33.4 Å². The van der Waals surface area contributed by atoms with Gasteiger partial charge in [-0.2, -0.15) is 11.8 Å². The smallest absolute Gasteiger partial charge is 0.235 e. The van der Waals surface area contributed by atoms with Crippen LogP contribution in [0.3, 0.4) is 0 Å². The number of hydrogen-bond donors (Lipinski definition) is 3. The molecule has 7 unspecified atom stereocenters. The van der Waals surface area contributed by atoms with Crippen LogP contribution in [0.5, 0.6) is 0 Å². The van der Waals surface area contributed by atoms with E-state index in [0.29, 0.717) is 18.1 Å². The standard InChI is InChI=1S/C26H44N4O7S/c1-5-21-18(2)24(19(3)37-21)26(34)30(17-32)10-11-35-12-13-36-16-29-23(33)9-7-6-8-22-25(27-4)20(14-38-22)28-15-31/h5,15,17-22,24-25,27H,1,6-14,16H2,2-4H3,(H,28,31)(H,29,33). The van der Waals surface area contributed by atoms with Gasteiger partial charge in [-0.25, -0.2) is 0 Å². The lowest BCUT2D eigenvalue weighted by molar-refractivity contribution is -0.144. The summed E-state index contributed by atoms with van der Waals surface area (Å²) in [5.41, 5.74) is 0. The summed E-state index contributed by atoms with van der Waals surface area (Å²) < 4.78 is 16.6. The van der Waals surface area contributed by atoms with Crippen molar-refractivity contribution >= 4 is 36.4 Å². The van der Waals surface area contributed by atoms with Gasteiger partial charge in [0, 0.05) is 23.5 Å². The number of hydrogen-bond acceptors (Lipinski definition) is 9. The molecule has 0 bridgehead atoms. The Balaban J connectivity index is 1.49. The molecule has 2 aliphatic rings. The van der Waals surface area contributed by atoms with Crippen LogP contribution in [0.1, 0.15) is 39.5 Å². The number of unbranched alkanes of at least 4 members (excludes halogenated alkanes) is 1. The second kappa shape index (κ2) is 17.6. The van der Waals surface area contributed by atoms with Gasteiger partial charge < -0.3 is 30.2 Å². The Hall–Kier alpha value is -1.99. The fourth-order valence-corrected chi connectivity index (χ4v) is 6.70. The molecule has 7 atom stereocenters. The fraction of sp³-hybridized carbons (Fsp3) is 0.769. The van der Waals surface area contributed by atoms with Crippen molar-refractivity contribution in [2.45, 2.75) is 69.1 Å². The van der Waals surface area contributed by atoms with Crippen LogP contribution in [0.2, 0.25) is 0 Å². The van der Waals surface area contributed by atoms with Crippen LogP contribution in [-0.2, 0) is 33.4 Å². The third kappa shape index (κ3) is 9.64. The molecule has 12 heteroatoms. The summed E-state index contributed by atoms with van der Waals surface area (Å²) in [6.07, 6.45) is 5.64. The van der Waals surface area contributed by atoms with Crippen LogP contribution in [0.4, 0.5) is 0 Å². The largest absolute Gasteiger partial charge is 0.377 e. The molecule has 0 spiro atoms. The number of carbonyl (C=O) groups excluding carboxylic acids is 4. The molecule has 2 heterocycles. The van der Waals surface area contributed by atoms with Crippen LogP contribution < -0.4 is 16.0 Å². The van der Waals surface area contributed by atoms with Crippen LogP contribution in [-0.4, -0.2) is 105 Å². The van der Waals surface area contributed by atoms with E-state index in [9.17, 15) is 19.2 Å². The van der Waals surface area contributed by atoms with E-state index >= 15 is 0 Å². The van der Waals surface area contributed by atoms with E-state index in [-0.39, 0.29) is 75.1 Å². The minimum Gasteiger partial charge on any atom is -0.377 e. The second-order valence-electron chi connectivity index (χ2n) is 9.65. The van der Waals surface area contributed by atoms with Gasteiger partial charge in [0.05, 0.1) is 50.5 Å². The molecule has 2 rings (SSSR count). The summed E-state index contributed by atoms with van der Waals surface area (Å²) in [7, 11) is 1.91. The average Bonchev–Trinajstić information content (AvgIpc) is 3.43. The first-order chi connectivity index (χ1) is 18.4. The van der Waals surface area contributed by atoms with Crippen molar-refractivity contribution in [1.82, 2.24) is 20.9 Å². The molecule has 2 saturated heterocycles. The number of carbonyl (C=O) groups is 4. The molecule has 0 saturated carbocycles. The monoisotopic (exact) mass is 556 g/mol. The van der Waals surface area contributed by atoms with Crippen LogP contribution >= 0.6 is 11.8 Å². The van der Waals surface area contributed by atoms with E-state index in [1.807, 2.05) is 32.7 Å². The lowest BCUT2D eigenvalue weighted by atomic mass is 9.88. The Morgan fingerprint density at radius 2 is 1.92 bits per heavy atom. The summed E-state index contributed by atoms with van der Waals surface area (Å²) >= 11 is 1.86. The summed E-state index contributed by atoms with van der Waals surface area (Å²) in [4.78, 5) is 48.2. The minimum atomic E-state index is -0.403. The van der Waals surface area contributed by atoms with Crippen LogP contribution in [0.25, 0.3) is 0 Å². The molecule has 0 aliphatic carbocycles. The van der Waals surface area contributed by atoms with Gasteiger partial charge >= 0.3 is 0 Å². The molecule has 38 heavy (non-hydrogen) atoms. The number of imide groups is 1. The quantitative estimate of drug-likeness (QED) is 0.0908. The summed E-state index contributed by atoms with van der Waals surface area (Å²) in [6.45, 7) is 8.50. The number of rotatable bonds is 19. The lowest BCUT2D eigenvalue weighted by Gasteiger charge is -2.23. The maximum absolute atomic E-state index is 12.8. The van der Waals surface area contributed by atoms with Gasteiger partial charge in [0.15, 0.2) is 0 Å². The van der Waals surface area contributed by atoms with Gasteiger partial charge in [0.1, 0.15) is 6.73 Å². The van der Waals surface area contributed by atoms with E-state index in [2.05, 4.69) is 22.5 Å². The molecule has 2 aliphatic heterocycles. The predicted octanol–water partition coefficient (Wildman–Crippen LogP) is 0.682. The molecule has 0 radical (unpaired) electrons. The Labute approximate surface area is 230 Å². The number of likely N-dealkylation sites (N-methyl/N-ethyl adjacent to an activating group) is 1. The molecule has 0 aromatic heterocycles. The summed E-state index contributed by atoms with van der Waals surface area (Å²) in [5.74, 6) is 0.108. The van der Waals surface area contributed by atoms with Gasteiger partial charge in [0.25, 0.3) is 0 Å². The van der Waals surface area contributed by atoms with Gasteiger partial charge in [-0.15, -0.1) is 6.58 Å². The number of nitrogens with zero attached hydrogens (tertiary/aromatic N) is 1. The zero-order valence-electron chi connectivity index (χ0n) is 22.8. The molecule has 3 N–H and O–H groups in total. The van der Waals surface area contributed by atoms with E-state index in [4.69, 9.17) is 14.2 Å². The predicted molar refractivity (Wildman–Crippen MR) is 145 cm³/mol. The van der Waals surface area contributed by atoms with E-state index < -0.39 is 5.92 Å². The Morgan fingerprint density at radius 1 is 1.16 bits per heavy atom. The zero-order chi connectivity index (χ0) is 27.9. The fourth-order valence-electron chi connectivity index (χ4n) is 5.08. The van der Waals surface area contributed by atoms with Gasteiger partial charge in [0.2, 0.25) is 24.6 Å².